The number of aryl methyl sites for hydroxylation is 2. The number of benzene rings is 2. The summed E-state index contributed by atoms with van der Waals surface area (Å²) in [6.07, 6.45) is -2.21. The van der Waals surface area contributed by atoms with Gasteiger partial charge < -0.3 is 19.9 Å². The van der Waals surface area contributed by atoms with Gasteiger partial charge in [0.25, 0.3) is 0 Å². The maximum Gasteiger partial charge on any atom is 0.238 e. The van der Waals surface area contributed by atoms with E-state index in [9.17, 15) is 9.90 Å². The molecule has 0 bridgehead atoms. The molecular weight excluding hydrogens is 394 g/mol. The molecule has 1 aliphatic rings. The summed E-state index contributed by atoms with van der Waals surface area (Å²) in [7, 11) is 1.38. The van der Waals surface area contributed by atoms with Crippen LogP contribution in [0.3, 0.4) is 0 Å². The zero-order valence-electron chi connectivity index (χ0n) is 24.0. The Kier molecular flexibility index (Phi) is 5.78. The van der Waals surface area contributed by atoms with Gasteiger partial charge in [-0.15, -0.1) is 0 Å². The highest BCUT2D eigenvalue weighted by atomic mass is 16.5. The first kappa shape index (κ1) is 16.1. The highest BCUT2D eigenvalue weighted by Gasteiger charge is 2.21. The number of aliphatic hydroxyl groups excluding tert-OH is 1. The van der Waals surface area contributed by atoms with Crippen LogP contribution in [0.15, 0.2) is 42.5 Å². The van der Waals surface area contributed by atoms with Gasteiger partial charge in [-0.05, 0) is 37.1 Å². The number of nitrogens with one attached hydrogen (secondary N) is 1. The van der Waals surface area contributed by atoms with Gasteiger partial charge in [0.15, 0.2) is 11.5 Å². The lowest BCUT2D eigenvalue weighted by Gasteiger charge is -2.35. The number of carbonyl (C=O) groups is 1. The van der Waals surface area contributed by atoms with Gasteiger partial charge in [-0.3, -0.25) is 14.6 Å². The summed E-state index contributed by atoms with van der Waals surface area (Å²) in [5.41, 5.74) is 2.16. The number of hydrogen-bond donors (Lipinski definition) is 2. The number of amides is 1. The van der Waals surface area contributed by atoms with Gasteiger partial charge in [0, 0.05) is 41.1 Å². The molecule has 3 rings (SSSR count). The predicted octanol–water partition coefficient (Wildman–Crippen LogP) is 2.31. The number of piperazine rings is 1. The van der Waals surface area contributed by atoms with E-state index in [4.69, 9.17) is 17.7 Å². The average Bonchev–Trinajstić information content (AvgIpc) is 2.85. The maximum absolute atomic E-state index is 12.9. The second-order valence-electron chi connectivity index (χ2n) is 7.21. The fourth-order valence-electron chi connectivity index (χ4n) is 3.27. The van der Waals surface area contributed by atoms with Gasteiger partial charge in [0.1, 0.15) is 12.7 Å². The van der Waals surface area contributed by atoms with E-state index in [0.29, 0.717) is 5.69 Å². The second kappa shape index (κ2) is 11.1. The first-order valence-corrected chi connectivity index (χ1v) is 10.1. The largest absolute Gasteiger partial charge is 0.493 e. The van der Waals surface area contributed by atoms with Crippen molar-refractivity contribution in [1.82, 2.24) is 9.80 Å². The number of carbonyl (C=O) groups excluding carboxylic acids is 1. The van der Waals surface area contributed by atoms with Crippen LogP contribution in [0.25, 0.3) is 0 Å². The Hall–Kier alpha value is -2.61. The van der Waals surface area contributed by atoms with Crippen LogP contribution in [0.5, 0.6) is 11.5 Å². The number of β-amino-alcohol motifs (C(OH)–C–C–N with tert-alkyl or cyclic N) is 1. The molecule has 0 radical (unpaired) electrons. The monoisotopic (exact) mass is 433 g/mol. The quantitative estimate of drug-likeness (QED) is 0.632. The minimum absolute atomic E-state index is 0.0118. The third-order valence-electron chi connectivity index (χ3n) is 4.91. The lowest BCUT2D eigenvalue weighted by molar-refractivity contribution is -0.117. The number of rotatable bonds is 9. The molecule has 1 amide bonds. The summed E-state index contributed by atoms with van der Waals surface area (Å²) >= 11 is 0. The number of methoxy groups -OCH3 is 1. The van der Waals surface area contributed by atoms with Crippen molar-refractivity contribution in [3.63, 3.8) is 0 Å². The van der Waals surface area contributed by atoms with E-state index < -0.39 is 31.6 Å². The van der Waals surface area contributed by atoms with Crippen molar-refractivity contribution >= 4 is 11.6 Å². The molecule has 0 spiro atoms. The van der Waals surface area contributed by atoms with E-state index in [-0.39, 0.29) is 37.7 Å². The van der Waals surface area contributed by atoms with Crippen LogP contribution in [0.4, 0.5) is 5.69 Å². The topological polar surface area (TPSA) is 74.3 Å². The Bertz CT molecular complexity index is 1090. The van der Waals surface area contributed by atoms with Gasteiger partial charge in [-0.1, -0.05) is 30.3 Å². The van der Waals surface area contributed by atoms with Gasteiger partial charge in [0.05, 0.1) is 19.1 Å². The Morgan fingerprint density at radius 1 is 1.06 bits per heavy atom. The van der Waals surface area contributed by atoms with E-state index in [2.05, 4.69) is 5.32 Å². The fraction of sp³-hybridized carbons (Fsp3) is 0.458. The molecule has 0 aliphatic carbocycles. The van der Waals surface area contributed by atoms with Crippen molar-refractivity contribution in [1.29, 1.82) is 0 Å². The number of para-hydroxylation sites is 3. The van der Waals surface area contributed by atoms with Gasteiger partial charge in [-0.25, -0.2) is 0 Å². The summed E-state index contributed by atoms with van der Waals surface area (Å²) in [6, 6.07) is 11.7. The van der Waals surface area contributed by atoms with Gasteiger partial charge in [-0.2, -0.15) is 0 Å². The molecule has 2 aromatic rings. The molecule has 31 heavy (non-hydrogen) atoms. The van der Waals surface area contributed by atoms with E-state index in [0.717, 1.165) is 11.1 Å². The third-order valence-corrected chi connectivity index (χ3v) is 4.91. The number of ether oxygens (including phenoxy) is 2. The molecule has 168 valence electrons. The summed E-state index contributed by atoms with van der Waals surface area (Å²) in [5, 5.41) is 13.4. The first-order chi connectivity index (χ1) is 17.2. The molecule has 1 heterocycles. The molecule has 2 aromatic carbocycles. The summed E-state index contributed by atoms with van der Waals surface area (Å²) < 4.78 is 60.6. The molecule has 1 saturated heterocycles. The minimum atomic E-state index is -2.81. The van der Waals surface area contributed by atoms with Crippen molar-refractivity contribution in [2.75, 3.05) is 58.2 Å². The van der Waals surface area contributed by atoms with Crippen molar-refractivity contribution in [3.8, 4) is 11.5 Å². The van der Waals surface area contributed by atoms with Crippen molar-refractivity contribution in [2.24, 2.45) is 0 Å². The normalized spacial score (nSPS) is 20.3. The zero-order valence-corrected chi connectivity index (χ0v) is 18.0. The number of anilines is 1. The van der Waals surface area contributed by atoms with Crippen molar-refractivity contribution < 1.29 is 27.6 Å². The Balaban J connectivity index is 1.66. The SMILES string of the molecule is [2H]C([2H])(Oc1ccccc1OC)C(O)C([2H])([2H])N1CCN(C([2H])([2H])C(=O)Nc2c(C)cccc2C)CC1. The van der Waals surface area contributed by atoms with Crippen LogP contribution < -0.4 is 14.8 Å². The molecule has 1 unspecified atom stereocenters. The molecule has 1 aliphatic heterocycles. The average molecular weight is 434 g/mol. The van der Waals surface area contributed by atoms with E-state index in [1.165, 1.54) is 23.0 Å². The van der Waals surface area contributed by atoms with E-state index >= 15 is 0 Å². The van der Waals surface area contributed by atoms with Crippen LogP contribution in [0.1, 0.15) is 19.4 Å². The van der Waals surface area contributed by atoms with E-state index in [1.54, 1.807) is 18.2 Å². The maximum atomic E-state index is 12.9. The molecule has 1 atom stereocenters. The molecule has 7 nitrogen and oxygen atoms in total. The lowest BCUT2D eigenvalue weighted by Crippen LogP contribution is -2.50. The van der Waals surface area contributed by atoms with Crippen LogP contribution in [-0.4, -0.2) is 79.8 Å². The molecule has 7 heteroatoms. The highest BCUT2D eigenvalue weighted by molar-refractivity contribution is 5.93. The minimum Gasteiger partial charge on any atom is -0.493 e. The van der Waals surface area contributed by atoms with Crippen LogP contribution in [0.2, 0.25) is 0 Å². The standard InChI is InChI=1S/C24H33N3O4/c1-18-7-6-8-19(2)24(18)25-23(29)16-27-13-11-26(12-14-27)15-20(28)17-31-22-10-5-4-9-21(22)30-3/h4-10,20,28H,11-17H2,1-3H3,(H,25,29)/i15D2,16D2,17D2. The zero-order chi connectivity index (χ0) is 27.6. The summed E-state index contributed by atoms with van der Waals surface area (Å²) in [5.74, 6) is -0.588. The van der Waals surface area contributed by atoms with E-state index in [1.807, 2.05) is 32.0 Å². The number of aliphatic hydroxyl groups is 1. The molecule has 1 fully saturated rings. The molecule has 2 N–H and O–H groups in total. The van der Waals surface area contributed by atoms with Crippen LogP contribution in [-0.2, 0) is 4.79 Å². The highest BCUT2D eigenvalue weighted by Crippen LogP contribution is 2.25. The lowest BCUT2D eigenvalue weighted by atomic mass is 10.1. The van der Waals surface area contributed by atoms with Crippen LogP contribution >= 0.6 is 0 Å². The predicted molar refractivity (Wildman–Crippen MR) is 122 cm³/mol. The molecular formula is C24H33N3O4. The summed E-state index contributed by atoms with van der Waals surface area (Å²) in [4.78, 5) is 15.4. The van der Waals surface area contributed by atoms with Gasteiger partial charge >= 0.3 is 0 Å². The van der Waals surface area contributed by atoms with Crippen molar-refractivity contribution in [2.45, 2.75) is 20.0 Å². The van der Waals surface area contributed by atoms with Gasteiger partial charge in [0.2, 0.25) is 5.91 Å². The number of hydrogen-bond acceptors (Lipinski definition) is 6. The van der Waals surface area contributed by atoms with Crippen LogP contribution in [0, 0.1) is 13.8 Å². The number of nitrogens with zero attached hydrogens (tertiary/aromatic N) is 2. The third kappa shape index (κ3) is 6.69. The Morgan fingerprint density at radius 3 is 2.32 bits per heavy atom. The summed E-state index contributed by atoms with van der Waals surface area (Å²) in [6.45, 7) is -4.23. The Labute approximate surface area is 193 Å². The smallest absolute Gasteiger partial charge is 0.238 e. The molecule has 0 aromatic heterocycles. The first-order valence-electron chi connectivity index (χ1n) is 13.1. The second-order valence-corrected chi connectivity index (χ2v) is 7.21. The fourth-order valence-corrected chi connectivity index (χ4v) is 3.27. The van der Waals surface area contributed by atoms with Crippen molar-refractivity contribution in [3.05, 3.63) is 53.6 Å². The molecule has 0 saturated carbocycles. The Morgan fingerprint density at radius 2 is 1.68 bits per heavy atom.